The van der Waals surface area contributed by atoms with Gasteiger partial charge in [-0.2, -0.15) is 4.99 Å². The fourth-order valence-electron chi connectivity index (χ4n) is 4.43. The van der Waals surface area contributed by atoms with Gasteiger partial charge in [-0.1, -0.05) is 43.9 Å². The molecule has 1 saturated carbocycles. The average Bonchev–Trinajstić information content (AvgIpc) is 3.13. The van der Waals surface area contributed by atoms with E-state index in [9.17, 15) is 9.59 Å². The molecule has 166 valence electrons. The molecular weight excluding hydrogens is 418 g/mol. The second-order valence-corrected chi connectivity index (χ2v) is 8.83. The lowest BCUT2D eigenvalue weighted by atomic mass is 9.84. The zero-order valence-electron chi connectivity index (χ0n) is 18.1. The fourth-order valence-corrected chi connectivity index (χ4v) is 5.31. The SMILES string of the molecule is COC(=O)CSC1=Nc2cc(OC)c(OC)cc2C2=NC(=O)[C@@H](CC3CCCCC3)N12. The van der Waals surface area contributed by atoms with Crippen LogP contribution in [0.4, 0.5) is 5.69 Å². The van der Waals surface area contributed by atoms with Crippen molar-refractivity contribution >= 4 is 40.3 Å². The van der Waals surface area contributed by atoms with E-state index in [1.807, 2.05) is 11.0 Å². The number of thioether (sulfide) groups is 1. The van der Waals surface area contributed by atoms with Gasteiger partial charge in [0.1, 0.15) is 11.9 Å². The molecule has 1 fully saturated rings. The number of hydrogen-bond donors (Lipinski definition) is 0. The highest BCUT2D eigenvalue weighted by Crippen LogP contribution is 2.42. The summed E-state index contributed by atoms with van der Waals surface area (Å²) in [6.07, 6.45) is 6.69. The van der Waals surface area contributed by atoms with Crippen LogP contribution in [0.2, 0.25) is 0 Å². The maximum Gasteiger partial charge on any atom is 0.316 e. The Morgan fingerprint density at radius 3 is 2.48 bits per heavy atom. The van der Waals surface area contributed by atoms with E-state index in [2.05, 4.69) is 4.99 Å². The van der Waals surface area contributed by atoms with Gasteiger partial charge in [0.05, 0.1) is 32.8 Å². The quantitative estimate of drug-likeness (QED) is 0.619. The number of amidine groups is 2. The van der Waals surface area contributed by atoms with Gasteiger partial charge in [0.25, 0.3) is 5.91 Å². The molecule has 0 saturated heterocycles. The van der Waals surface area contributed by atoms with E-state index in [4.69, 9.17) is 19.2 Å². The Bertz CT molecular complexity index is 939. The number of rotatable bonds is 6. The minimum atomic E-state index is -0.400. The third-order valence-corrected chi connectivity index (χ3v) is 6.96. The molecule has 1 aromatic rings. The first-order valence-corrected chi connectivity index (χ1v) is 11.5. The number of ether oxygens (including phenoxy) is 3. The lowest BCUT2D eigenvalue weighted by molar-refractivity contribution is -0.137. The van der Waals surface area contributed by atoms with E-state index in [0.29, 0.717) is 34.1 Å². The summed E-state index contributed by atoms with van der Waals surface area (Å²) in [6.45, 7) is 0. The lowest BCUT2D eigenvalue weighted by Gasteiger charge is -2.33. The number of amides is 1. The number of hydrogen-bond acceptors (Lipinski definition) is 8. The van der Waals surface area contributed by atoms with Crippen LogP contribution in [0, 0.1) is 5.92 Å². The number of esters is 1. The third-order valence-electron chi connectivity index (χ3n) is 6.03. The Hall–Kier alpha value is -2.55. The molecule has 3 aliphatic rings. The van der Waals surface area contributed by atoms with Crippen LogP contribution in [0.15, 0.2) is 22.1 Å². The van der Waals surface area contributed by atoms with Gasteiger partial charge in [0, 0.05) is 11.6 Å². The van der Waals surface area contributed by atoms with Crippen molar-refractivity contribution < 1.29 is 23.8 Å². The summed E-state index contributed by atoms with van der Waals surface area (Å²) in [5.74, 6) is 1.74. The largest absolute Gasteiger partial charge is 0.493 e. The van der Waals surface area contributed by atoms with Crippen LogP contribution in [0.5, 0.6) is 11.5 Å². The Morgan fingerprint density at radius 1 is 1.10 bits per heavy atom. The third kappa shape index (κ3) is 4.28. The first kappa shape index (κ1) is 21.7. The number of aliphatic imine (C=N–C) groups is 2. The number of methoxy groups -OCH3 is 3. The van der Waals surface area contributed by atoms with Gasteiger partial charge in [0.2, 0.25) is 0 Å². The van der Waals surface area contributed by atoms with Crippen LogP contribution in [0.3, 0.4) is 0 Å². The molecule has 31 heavy (non-hydrogen) atoms. The van der Waals surface area contributed by atoms with Crippen molar-refractivity contribution in [2.45, 2.75) is 44.6 Å². The highest BCUT2D eigenvalue weighted by Gasteiger charge is 2.43. The van der Waals surface area contributed by atoms with Gasteiger partial charge in [-0.25, -0.2) is 4.99 Å². The van der Waals surface area contributed by atoms with Crippen molar-refractivity contribution in [2.24, 2.45) is 15.9 Å². The minimum Gasteiger partial charge on any atom is -0.493 e. The van der Waals surface area contributed by atoms with Crippen LogP contribution in [-0.2, 0) is 14.3 Å². The molecule has 1 aromatic carbocycles. The molecule has 9 heteroatoms. The van der Waals surface area contributed by atoms with Crippen molar-refractivity contribution in [3.05, 3.63) is 17.7 Å². The Kier molecular flexibility index (Phi) is 6.50. The summed E-state index contributed by atoms with van der Waals surface area (Å²) in [4.78, 5) is 35.9. The van der Waals surface area contributed by atoms with Gasteiger partial charge < -0.3 is 14.2 Å². The molecule has 0 spiro atoms. The summed E-state index contributed by atoms with van der Waals surface area (Å²) in [7, 11) is 4.49. The molecule has 2 aliphatic heterocycles. The second kappa shape index (κ2) is 9.30. The average molecular weight is 446 g/mol. The van der Waals surface area contributed by atoms with Gasteiger partial charge in [-0.05, 0) is 18.4 Å². The topological polar surface area (TPSA) is 89.8 Å². The van der Waals surface area contributed by atoms with Gasteiger partial charge in [-0.3, -0.25) is 14.5 Å². The zero-order valence-corrected chi connectivity index (χ0v) is 18.9. The standard InChI is InChI=1S/C22H27N3O5S/c1-28-17-10-14-15(11-18(17)29-2)23-22(31-12-19(26)30-3)25-16(21(27)24-20(14)25)9-13-7-5-4-6-8-13/h10-11,13,16H,4-9,12H2,1-3H3/t16-/m1/s1. The molecule has 1 amide bonds. The van der Waals surface area contributed by atoms with Crippen LogP contribution < -0.4 is 9.47 Å². The molecule has 0 bridgehead atoms. The lowest BCUT2D eigenvalue weighted by Crippen LogP contribution is -2.44. The number of fused-ring (bicyclic) bond motifs is 3. The molecule has 1 aliphatic carbocycles. The highest BCUT2D eigenvalue weighted by atomic mass is 32.2. The molecule has 8 nitrogen and oxygen atoms in total. The van der Waals surface area contributed by atoms with Crippen LogP contribution in [0.25, 0.3) is 0 Å². The Balaban J connectivity index is 1.72. The van der Waals surface area contributed by atoms with E-state index in [0.717, 1.165) is 24.8 Å². The molecular formula is C22H27N3O5S. The number of nitrogens with zero attached hydrogens (tertiary/aromatic N) is 3. The van der Waals surface area contributed by atoms with Crippen molar-refractivity contribution in [2.75, 3.05) is 27.1 Å². The van der Waals surface area contributed by atoms with E-state index >= 15 is 0 Å². The van der Waals surface area contributed by atoms with Crippen molar-refractivity contribution in [1.82, 2.24) is 4.90 Å². The first-order valence-electron chi connectivity index (χ1n) is 10.5. The second-order valence-electron chi connectivity index (χ2n) is 7.88. The number of carbonyl (C=O) groups is 2. The predicted octanol–water partition coefficient (Wildman–Crippen LogP) is 3.54. The molecule has 0 N–H and O–H groups in total. The van der Waals surface area contributed by atoms with E-state index in [1.54, 1.807) is 20.3 Å². The van der Waals surface area contributed by atoms with E-state index < -0.39 is 6.04 Å². The molecule has 0 radical (unpaired) electrons. The highest BCUT2D eigenvalue weighted by molar-refractivity contribution is 8.14. The van der Waals surface area contributed by atoms with Gasteiger partial charge >= 0.3 is 5.97 Å². The zero-order chi connectivity index (χ0) is 22.0. The minimum absolute atomic E-state index is 0.103. The van der Waals surface area contributed by atoms with Crippen LogP contribution in [-0.4, -0.2) is 60.9 Å². The first-order chi connectivity index (χ1) is 15.0. The van der Waals surface area contributed by atoms with Gasteiger partial charge in [0.15, 0.2) is 16.7 Å². The summed E-state index contributed by atoms with van der Waals surface area (Å²) in [6, 6.07) is 3.18. The van der Waals surface area contributed by atoms with Gasteiger partial charge in [-0.15, -0.1) is 0 Å². The smallest absolute Gasteiger partial charge is 0.316 e. The summed E-state index contributed by atoms with van der Waals surface area (Å²) >= 11 is 1.26. The Morgan fingerprint density at radius 2 is 1.81 bits per heavy atom. The predicted molar refractivity (Wildman–Crippen MR) is 119 cm³/mol. The molecule has 0 aromatic heterocycles. The van der Waals surface area contributed by atoms with E-state index in [1.165, 1.54) is 38.1 Å². The molecule has 1 atom stereocenters. The summed E-state index contributed by atoms with van der Waals surface area (Å²) in [5.41, 5.74) is 1.35. The van der Waals surface area contributed by atoms with Crippen LogP contribution >= 0.6 is 11.8 Å². The monoisotopic (exact) mass is 445 g/mol. The molecule has 2 heterocycles. The van der Waals surface area contributed by atoms with Crippen molar-refractivity contribution in [3.63, 3.8) is 0 Å². The number of benzene rings is 1. The Labute approximate surface area is 186 Å². The van der Waals surface area contributed by atoms with E-state index in [-0.39, 0.29) is 17.6 Å². The maximum absolute atomic E-state index is 13.0. The number of carbonyl (C=O) groups excluding carboxylic acids is 2. The van der Waals surface area contributed by atoms with Crippen molar-refractivity contribution in [3.8, 4) is 11.5 Å². The molecule has 4 rings (SSSR count). The molecule has 0 unspecified atom stereocenters. The fraction of sp³-hybridized carbons (Fsp3) is 0.545. The van der Waals surface area contributed by atoms with Crippen molar-refractivity contribution in [1.29, 1.82) is 0 Å². The normalized spacial score (nSPS) is 20.5. The van der Waals surface area contributed by atoms with Crippen LogP contribution in [0.1, 0.15) is 44.1 Å². The summed E-state index contributed by atoms with van der Waals surface area (Å²) < 4.78 is 15.7. The maximum atomic E-state index is 13.0. The summed E-state index contributed by atoms with van der Waals surface area (Å²) in [5, 5.41) is 0.579.